The number of unbranched alkanes of at least 4 members (excludes halogenated alkanes) is 1. The molecule has 0 aliphatic carbocycles. The number of carbonyl (C=O) groups is 4. The summed E-state index contributed by atoms with van der Waals surface area (Å²) < 4.78 is 33.0. The number of imide groups is 1. The molecule has 0 aromatic carbocycles. The number of ether oxygens (including phenoxy) is 6. The van der Waals surface area contributed by atoms with E-state index in [-0.39, 0.29) is 51.7 Å². The van der Waals surface area contributed by atoms with Crippen molar-refractivity contribution in [2.24, 2.45) is 0 Å². The van der Waals surface area contributed by atoms with Crippen LogP contribution in [0.3, 0.4) is 0 Å². The number of nitrogens with one attached hydrogen (secondary N) is 1. The summed E-state index contributed by atoms with van der Waals surface area (Å²) in [7, 11) is 0. The van der Waals surface area contributed by atoms with Crippen molar-refractivity contribution in [3.8, 4) is 0 Å². The molecule has 0 bridgehead atoms. The molecular weight excluding hydrogens is 724 g/mol. The zero-order chi connectivity index (χ0) is 39.0. The van der Waals surface area contributed by atoms with E-state index in [1.165, 1.54) is 0 Å². The number of amides is 3. The van der Waals surface area contributed by atoms with Gasteiger partial charge in [-0.1, -0.05) is 0 Å². The molecule has 4 aliphatic heterocycles. The van der Waals surface area contributed by atoms with Crippen molar-refractivity contribution in [1.82, 2.24) is 10.4 Å². The van der Waals surface area contributed by atoms with E-state index in [0.717, 1.165) is 0 Å². The lowest BCUT2D eigenvalue weighted by Crippen LogP contribution is -2.65. The van der Waals surface area contributed by atoms with Crippen molar-refractivity contribution in [2.45, 2.75) is 131 Å². The third kappa shape index (κ3) is 10.8. The average molecular weight is 773 g/mol. The van der Waals surface area contributed by atoms with E-state index >= 15 is 0 Å². The van der Waals surface area contributed by atoms with Gasteiger partial charge in [-0.15, -0.1) is 5.06 Å². The second-order valence-corrected chi connectivity index (χ2v) is 12.8. The molecule has 0 spiro atoms. The van der Waals surface area contributed by atoms with Gasteiger partial charge in [-0.2, -0.15) is 0 Å². The molecule has 1 unspecified atom stereocenters. The van der Waals surface area contributed by atoms with Crippen molar-refractivity contribution >= 4 is 23.7 Å². The highest BCUT2D eigenvalue weighted by Crippen LogP contribution is 2.31. The van der Waals surface area contributed by atoms with Crippen molar-refractivity contribution in [3.63, 3.8) is 0 Å². The van der Waals surface area contributed by atoms with Gasteiger partial charge in [-0.05, 0) is 12.8 Å². The zero-order valence-electron chi connectivity index (χ0n) is 28.3. The van der Waals surface area contributed by atoms with Crippen LogP contribution in [0.25, 0.3) is 0 Å². The summed E-state index contributed by atoms with van der Waals surface area (Å²) in [6, 6.07) is 0. The molecule has 0 aromatic rings. The summed E-state index contributed by atoms with van der Waals surface area (Å²) in [5.74, 6) is -2.46. The van der Waals surface area contributed by atoms with Gasteiger partial charge in [0.15, 0.2) is 18.9 Å². The number of hydrogen-bond donors (Lipinski definition) is 11. The third-order valence-electron chi connectivity index (χ3n) is 8.99. The number of aliphatic hydroxyl groups excluding tert-OH is 10. The van der Waals surface area contributed by atoms with E-state index in [1.807, 2.05) is 0 Å². The summed E-state index contributed by atoms with van der Waals surface area (Å²) >= 11 is 0. The van der Waals surface area contributed by atoms with Crippen LogP contribution in [0.1, 0.15) is 38.5 Å². The monoisotopic (exact) mass is 772 g/mol. The van der Waals surface area contributed by atoms with Crippen LogP contribution < -0.4 is 5.32 Å². The molecule has 53 heavy (non-hydrogen) atoms. The second kappa shape index (κ2) is 19.9. The molecule has 3 amide bonds. The number of rotatable bonds is 17. The molecule has 4 saturated heterocycles. The van der Waals surface area contributed by atoms with E-state index in [1.54, 1.807) is 0 Å². The van der Waals surface area contributed by atoms with Crippen LogP contribution in [0.5, 0.6) is 0 Å². The first kappa shape index (κ1) is 43.2. The van der Waals surface area contributed by atoms with Gasteiger partial charge < -0.3 is 89.6 Å². The van der Waals surface area contributed by atoms with Gasteiger partial charge in [0.1, 0.15) is 73.2 Å². The second-order valence-electron chi connectivity index (χ2n) is 12.8. The predicted octanol–water partition coefficient (Wildman–Crippen LogP) is -7.26. The lowest BCUT2D eigenvalue weighted by Gasteiger charge is -2.46. The highest BCUT2D eigenvalue weighted by molar-refractivity contribution is 6.01. The first-order valence-corrected chi connectivity index (χ1v) is 17.0. The Morgan fingerprint density at radius 3 is 1.79 bits per heavy atom. The molecule has 15 atom stereocenters. The number of aliphatic hydroxyl groups is 10. The minimum absolute atomic E-state index is 0.0179. The maximum absolute atomic E-state index is 12.3. The maximum atomic E-state index is 12.3. The minimum atomic E-state index is -1.92. The van der Waals surface area contributed by atoms with Gasteiger partial charge in [0, 0.05) is 32.2 Å². The smallest absolute Gasteiger partial charge is 0.333 e. The Kier molecular flexibility index (Phi) is 16.2. The van der Waals surface area contributed by atoms with Crippen LogP contribution in [-0.2, 0) is 52.4 Å². The third-order valence-corrected chi connectivity index (χ3v) is 8.99. The van der Waals surface area contributed by atoms with Crippen LogP contribution >= 0.6 is 0 Å². The van der Waals surface area contributed by atoms with Gasteiger partial charge in [0.05, 0.1) is 26.4 Å². The molecule has 0 saturated carbocycles. The molecule has 0 radical (unpaired) electrons. The van der Waals surface area contributed by atoms with Crippen molar-refractivity contribution in [1.29, 1.82) is 0 Å². The Bertz CT molecular complexity index is 1210. The Hall–Kier alpha value is -2.56. The standard InChI is InChI=1S/C30H48N2O21/c33-9-12-19(39)22(42)24(44)28(49-12)48-11-14-21(41)27(52-30-25(45)23(43)20(40)13(10-34)50-30)26(46)29(51-14)47-8-7-31-15(35)3-1-2-4-18(38)53-32-16(36)5-6-17(32)37/h12-14,19-30,33-34,39-46H,1-11H2,(H,31,35)/t12-,13-,14-,19-,20-,21-,22+,23+,24+,25+,26-,27+,28?,29+,30-/m1/s1. The molecule has 4 rings (SSSR count). The summed E-state index contributed by atoms with van der Waals surface area (Å²) in [6.45, 7) is -2.62. The fourth-order valence-electron chi connectivity index (χ4n) is 5.88. The van der Waals surface area contributed by atoms with Gasteiger partial charge >= 0.3 is 5.97 Å². The fraction of sp³-hybridized carbons (Fsp3) is 0.867. The summed E-state index contributed by atoms with van der Waals surface area (Å²) in [6.07, 6.45) is -25.2. The number of nitrogens with zero attached hydrogens (tertiary/aromatic N) is 1. The Morgan fingerprint density at radius 2 is 1.19 bits per heavy atom. The highest BCUT2D eigenvalue weighted by Gasteiger charge is 2.52. The lowest BCUT2D eigenvalue weighted by molar-refractivity contribution is -0.366. The molecule has 0 aromatic heterocycles. The summed E-state index contributed by atoms with van der Waals surface area (Å²) in [5.41, 5.74) is 0. The molecule has 4 heterocycles. The van der Waals surface area contributed by atoms with Crippen LogP contribution in [0.2, 0.25) is 0 Å². The minimum Gasteiger partial charge on any atom is -0.394 e. The van der Waals surface area contributed by atoms with Crippen molar-refractivity contribution < 1.29 is 104 Å². The Morgan fingerprint density at radius 1 is 0.660 bits per heavy atom. The maximum Gasteiger partial charge on any atom is 0.333 e. The average Bonchev–Trinajstić information content (AvgIpc) is 3.45. The Labute approximate surface area is 301 Å². The van der Waals surface area contributed by atoms with E-state index in [9.17, 15) is 70.2 Å². The van der Waals surface area contributed by atoms with Crippen LogP contribution in [-0.4, -0.2) is 205 Å². The molecular formula is C30H48N2O21. The van der Waals surface area contributed by atoms with Gasteiger partial charge in [0.25, 0.3) is 11.8 Å². The summed E-state index contributed by atoms with van der Waals surface area (Å²) in [5, 5.41) is 105. The van der Waals surface area contributed by atoms with Gasteiger partial charge in [-0.3, -0.25) is 14.4 Å². The van der Waals surface area contributed by atoms with Gasteiger partial charge in [-0.25, -0.2) is 4.79 Å². The molecule has 4 fully saturated rings. The van der Waals surface area contributed by atoms with Gasteiger partial charge in [0.2, 0.25) is 5.91 Å². The van der Waals surface area contributed by atoms with E-state index < -0.39 is 136 Å². The largest absolute Gasteiger partial charge is 0.394 e. The first-order valence-electron chi connectivity index (χ1n) is 17.0. The van der Waals surface area contributed by atoms with E-state index in [2.05, 4.69) is 5.32 Å². The quantitative estimate of drug-likeness (QED) is 0.0483. The van der Waals surface area contributed by atoms with Crippen molar-refractivity contribution in [3.05, 3.63) is 0 Å². The SMILES string of the molecule is O=C(CCCCC(=O)ON1C(=O)CCC1=O)NCCO[C@H]1O[C@H](COC2O[C@H](CO)[C@@H](O)[C@H](O)[C@@H]2O)[C@@H](O)[C@H](O[C@H]2O[C@H](CO)[C@@H](O)[C@H](O)[C@@H]2O)[C@H]1O. The van der Waals surface area contributed by atoms with Crippen LogP contribution in [0.15, 0.2) is 0 Å². The Balaban J connectivity index is 1.30. The summed E-state index contributed by atoms with van der Waals surface area (Å²) in [4.78, 5) is 52.1. The number of hydroxylamine groups is 2. The molecule has 11 N–H and O–H groups in total. The molecule has 23 heteroatoms. The molecule has 4 aliphatic rings. The number of carbonyl (C=O) groups excluding carboxylic acids is 4. The topological polar surface area (TPSA) is 350 Å². The normalized spacial score (nSPS) is 39.3. The molecule has 23 nitrogen and oxygen atoms in total. The van der Waals surface area contributed by atoms with E-state index in [4.69, 9.17) is 33.3 Å². The zero-order valence-corrected chi connectivity index (χ0v) is 28.3. The van der Waals surface area contributed by atoms with Crippen molar-refractivity contribution in [2.75, 3.05) is 33.0 Å². The lowest BCUT2D eigenvalue weighted by atomic mass is 9.96. The van der Waals surface area contributed by atoms with Crippen LogP contribution in [0, 0.1) is 0 Å². The number of hydrogen-bond acceptors (Lipinski definition) is 21. The van der Waals surface area contributed by atoms with E-state index in [0.29, 0.717) is 5.06 Å². The fourth-order valence-corrected chi connectivity index (χ4v) is 5.88. The predicted molar refractivity (Wildman–Crippen MR) is 164 cm³/mol. The highest BCUT2D eigenvalue weighted by atomic mass is 16.8. The first-order chi connectivity index (χ1) is 25.2. The van der Waals surface area contributed by atoms with Crippen LogP contribution in [0.4, 0.5) is 0 Å². The molecule has 304 valence electrons.